The molecule has 0 radical (unpaired) electrons. The summed E-state index contributed by atoms with van der Waals surface area (Å²) < 4.78 is 0. The molecule has 0 aromatic heterocycles. The van der Waals surface area contributed by atoms with Crippen LogP contribution in [-0.2, 0) is 11.2 Å². The minimum absolute atomic E-state index is 0.00338. The molecule has 2 aliphatic heterocycles. The molecule has 0 saturated heterocycles. The normalized spacial score (nSPS) is 17.8. The first-order chi connectivity index (χ1) is 9.13. The third-order valence-corrected chi connectivity index (χ3v) is 3.60. The van der Waals surface area contributed by atoms with E-state index in [1.54, 1.807) is 6.07 Å². The first kappa shape index (κ1) is 12.0. The van der Waals surface area contributed by atoms with Gasteiger partial charge in [-0.15, -0.1) is 0 Å². The van der Waals surface area contributed by atoms with Crippen molar-refractivity contribution in [1.29, 1.82) is 0 Å². The van der Waals surface area contributed by atoms with Gasteiger partial charge in [0.15, 0.2) is 0 Å². The molecule has 0 aliphatic carbocycles. The van der Waals surface area contributed by atoms with Gasteiger partial charge in [0.1, 0.15) is 0 Å². The second-order valence-electron chi connectivity index (χ2n) is 5.16. The number of hydrogen-bond donors (Lipinski definition) is 1. The van der Waals surface area contributed by atoms with Crippen LogP contribution in [-0.4, -0.2) is 29.8 Å². The van der Waals surface area contributed by atoms with Crippen molar-refractivity contribution in [2.75, 3.05) is 18.4 Å². The number of carbonyl (C=O) groups excluding carboxylic acids is 2. The molecule has 2 aliphatic rings. The lowest BCUT2D eigenvalue weighted by atomic mass is 10.1. The van der Waals surface area contributed by atoms with Crippen LogP contribution in [0.15, 0.2) is 29.8 Å². The van der Waals surface area contributed by atoms with Crippen molar-refractivity contribution >= 4 is 17.5 Å². The van der Waals surface area contributed by atoms with E-state index in [4.69, 9.17) is 0 Å². The van der Waals surface area contributed by atoms with Gasteiger partial charge in [0.25, 0.3) is 5.91 Å². The fraction of sp³-hybridized carbons (Fsp3) is 0.333. The van der Waals surface area contributed by atoms with E-state index in [2.05, 4.69) is 11.4 Å². The fourth-order valence-corrected chi connectivity index (χ4v) is 2.61. The third kappa shape index (κ3) is 2.26. The van der Waals surface area contributed by atoms with E-state index in [0.717, 1.165) is 24.2 Å². The molecule has 3 rings (SSSR count). The van der Waals surface area contributed by atoms with Crippen LogP contribution in [0.4, 0.5) is 5.69 Å². The number of carbonyl (C=O) groups is 2. The average molecular weight is 256 g/mol. The highest BCUT2D eigenvalue weighted by atomic mass is 16.2. The lowest BCUT2D eigenvalue weighted by Crippen LogP contribution is -2.35. The van der Waals surface area contributed by atoms with Gasteiger partial charge in [-0.3, -0.25) is 9.59 Å². The van der Waals surface area contributed by atoms with Crippen LogP contribution in [0.3, 0.4) is 0 Å². The predicted molar refractivity (Wildman–Crippen MR) is 73.1 cm³/mol. The van der Waals surface area contributed by atoms with Gasteiger partial charge >= 0.3 is 0 Å². The number of nitrogens with one attached hydrogen (secondary N) is 1. The molecule has 4 nitrogen and oxygen atoms in total. The van der Waals surface area contributed by atoms with Crippen LogP contribution < -0.4 is 5.32 Å². The standard InChI is InChI=1S/C15H16N2O2/c1-10-3-2-6-17(9-10)15(19)12-5-4-11-8-14(18)16-13(11)7-12/h3-5,7H,2,6,8-9H2,1H3,(H,16,18). The van der Waals surface area contributed by atoms with Crippen molar-refractivity contribution in [2.24, 2.45) is 0 Å². The first-order valence-electron chi connectivity index (χ1n) is 6.51. The maximum atomic E-state index is 12.4. The zero-order valence-electron chi connectivity index (χ0n) is 10.9. The molecule has 0 saturated carbocycles. The fourth-order valence-electron chi connectivity index (χ4n) is 2.61. The number of rotatable bonds is 1. The molecule has 0 fully saturated rings. The summed E-state index contributed by atoms with van der Waals surface area (Å²) in [4.78, 5) is 25.6. The zero-order valence-corrected chi connectivity index (χ0v) is 10.9. The predicted octanol–water partition coefficient (Wildman–Crippen LogP) is 1.97. The number of fused-ring (bicyclic) bond motifs is 1. The molecule has 2 amide bonds. The monoisotopic (exact) mass is 256 g/mol. The van der Waals surface area contributed by atoms with Crippen LogP contribution in [0.2, 0.25) is 0 Å². The van der Waals surface area contributed by atoms with Crippen LogP contribution >= 0.6 is 0 Å². The molecule has 19 heavy (non-hydrogen) atoms. The van der Waals surface area contributed by atoms with E-state index < -0.39 is 0 Å². The molecule has 0 unspecified atom stereocenters. The summed E-state index contributed by atoms with van der Waals surface area (Å²) in [6.07, 6.45) is 3.50. The number of hydrogen-bond acceptors (Lipinski definition) is 2. The maximum Gasteiger partial charge on any atom is 0.254 e. The smallest absolute Gasteiger partial charge is 0.254 e. The Morgan fingerprint density at radius 2 is 2.21 bits per heavy atom. The molecular weight excluding hydrogens is 240 g/mol. The lowest BCUT2D eigenvalue weighted by molar-refractivity contribution is -0.115. The number of benzene rings is 1. The SMILES string of the molecule is CC1=CCCN(C(=O)c2ccc3c(c2)NC(=O)C3)C1. The van der Waals surface area contributed by atoms with E-state index in [1.807, 2.05) is 24.0 Å². The molecular formula is C15H16N2O2. The Kier molecular flexibility index (Phi) is 2.85. The van der Waals surface area contributed by atoms with Crippen molar-refractivity contribution in [3.63, 3.8) is 0 Å². The van der Waals surface area contributed by atoms with Crippen molar-refractivity contribution in [3.8, 4) is 0 Å². The second kappa shape index (κ2) is 4.53. The minimum atomic E-state index is -0.00338. The van der Waals surface area contributed by atoms with Gasteiger partial charge in [-0.05, 0) is 31.0 Å². The summed E-state index contributed by atoms with van der Waals surface area (Å²) in [7, 11) is 0. The van der Waals surface area contributed by atoms with Crippen LogP contribution in [0.5, 0.6) is 0 Å². The Hall–Kier alpha value is -2.10. The van der Waals surface area contributed by atoms with Crippen molar-refractivity contribution < 1.29 is 9.59 Å². The lowest BCUT2D eigenvalue weighted by Gasteiger charge is -2.26. The van der Waals surface area contributed by atoms with Gasteiger partial charge in [0, 0.05) is 24.3 Å². The molecule has 0 atom stereocenters. The van der Waals surface area contributed by atoms with Gasteiger partial charge in [-0.25, -0.2) is 0 Å². The molecule has 0 bridgehead atoms. The maximum absolute atomic E-state index is 12.4. The van der Waals surface area contributed by atoms with Crippen LogP contribution in [0, 0.1) is 0 Å². The molecule has 4 heteroatoms. The highest BCUT2D eigenvalue weighted by Crippen LogP contribution is 2.25. The molecule has 1 N–H and O–H groups in total. The van der Waals surface area contributed by atoms with Gasteiger partial charge < -0.3 is 10.2 Å². The number of anilines is 1. The van der Waals surface area contributed by atoms with E-state index in [0.29, 0.717) is 18.5 Å². The Morgan fingerprint density at radius 1 is 1.37 bits per heavy atom. The van der Waals surface area contributed by atoms with E-state index in [-0.39, 0.29) is 11.8 Å². The second-order valence-corrected chi connectivity index (χ2v) is 5.16. The van der Waals surface area contributed by atoms with E-state index >= 15 is 0 Å². The van der Waals surface area contributed by atoms with Crippen molar-refractivity contribution in [2.45, 2.75) is 19.8 Å². The quantitative estimate of drug-likeness (QED) is 0.781. The average Bonchev–Trinajstić information content (AvgIpc) is 2.76. The highest BCUT2D eigenvalue weighted by molar-refractivity contribution is 6.02. The Bertz CT molecular complexity index is 590. The Labute approximate surface area is 112 Å². The van der Waals surface area contributed by atoms with Crippen molar-refractivity contribution in [1.82, 2.24) is 4.90 Å². The molecule has 1 aromatic carbocycles. The van der Waals surface area contributed by atoms with Gasteiger partial charge in [0.05, 0.1) is 6.42 Å². The Morgan fingerprint density at radius 3 is 3.00 bits per heavy atom. The minimum Gasteiger partial charge on any atom is -0.334 e. The molecule has 0 spiro atoms. The van der Waals surface area contributed by atoms with Crippen molar-refractivity contribution in [3.05, 3.63) is 41.0 Å². The van der Waals surface area contributed by atoms with E-state index in [1.165, 1.54) is 5.57 Å². The number of nitrogens with zero attached hydrogens (tertiary/aromatic N) is 1. The van der Waals surface area contributed by atoms with Gasteiger partial charge in [-0.2, -0.15) is 0 Å². The van der Waals surface area contributed by atoms with Crippen LogP contribution in [0.1, 0.15) is 29.3 Å². The largest absolute Gasteiger partial charge is 0.334 e. The van der Waals surface area contributed by atoms with Gasteiger partial charge in [-0.1, -0.05) is 17.7 Å². The summed E-state index contributed by atoms with van der Waals surface area (Å²) in [5, 5.41) is 2.78. The summed E-state index contributed by atoms with van der Waals surface area (Å²) in [5.74, 6) is 0.0350. The van der Waals surface area contributed by atoms with E-state index in [9.17, 15) is 9.59 Å². The molecule has 1 aromatic rings. The third-order valence-electron chi connectivity index (χ3n) is 3.60. The number of amides is 2. The summed E-state index contributed by atoms with van der Waals surface area (Å²) in [5.41, 5.74) is 3.63. The zero-order chi connectivity index (χ0) is 13.4. The molecule has 2 heterocycles. The van der Waals surface area contributed by atoms with Gasteiger partial charge in [0.2, 0.25) is 5.91 Å². The summed E-state index contributed by atoms with van der Waals surface area (Å²) in [6.45, 7) is 3.50. The summed E-state index contributed by atoms with van der Waals surface area (Å²) >= 11 is 0. The highest BCUT2D eigenvalue weighted by Gasteiger charge is 2.22. The molecule has 98 valence electrons. The topological polar surface area (TPSA) is 49.4 Å². The van der Waals surface area contributed by atoms with Crippen LogP contribution in [0.25, 0.3) is 0 Å². The first-order valence-corrected chi connectivity index (χ1v) is 6.51. The Balaban J connectivity index is 1.83. The summed E-state index contributed by atoms with van der Waals surface area (Å²) in [6, 6.07) is 5.47.